The largest absolute Gasteiger partial charge is 0.495 e. The highest BCUT2D eigenvalue weighted by Crippen LogP contribution is 2.29. The van der Waals surface area contributed by atoms with Crippen molar-refractivity contribution < 1.29 is 13.2 Å². The van der Waals surface area contributed by atoms with Gasteiger partial charge in [0, 0.05) is 19.1 Å². The van der Waals surface area contributed by atoms with Crippen LogP contribution in [0.5, 0.6) is 5.75 Å². The molecule has 5 nitrogen and oxygen atoms in total. The van der Waals surface area contributed by atoms with Crippen LogP contribution in [-0.4, -0.2) is 39.0 Å². The normalized spacial score (nSPS) is 20.1. The zero-order valence-electron chi connectivity index (χ0n) is 11.0. The van der Waals surface area contributed by atoms with Crippen LogP contribution >= 0.6 is 12.4 Å². The molecule has 0 radical (unpaired) electrons. The summed E-state index contributed by atoms with van der Waals surface area (Å²) in [6.45, 7) is 2.70. The van der Waals surface area contributed by atoms with Crippen molar-refractivity contribution in [2.45, 2.75) is 24.3 Å². The lowest BCUT2D eigenvalue weighted by atomic mass is 10.2. The van der Waals surface area contributed by atoms with Crippen molar-refractivity contribution in [3.63, 3.8) is 0 Å². The number of methoxy groups -OCH3 is 1. The van der Waals surface area contributed by atoms with Crippen LogP contribution in [0.25, 0.3) is 0 Å². The molecule has 0 aliphatic carbocycles. The average molecular weight is 307 g/mol. The highest BCUT2D eigenvalue weighted by molar-refractivity contribution is 7.89. The molecule has 7 heteroatoms. The molecule has 1 aromatic carbocycles. The van der Waals surface area contributed by atoms with Gasteiger partial charge in [0.2, 0.25) is 10.0 Å². The zero-order valence-corrected chi connectivity index (χ0v) is 12.6. The Kier molecular flexibility index (Phi) is 5.20. The molecule has 1 aliphatic heterocycles. The average Bonchev–Trinajstić information content (AvgIpc) is 2.76. The van der Waals surface area contributed by atoms with E-state index in [1.807, 2.05) is 13.0 Å². The van der Waals surface area contributed by atoms with Crippen molar-refractivity contribution in [3.05, 3.63) is 23.8 Å². The van der Waals surface area contributed by atoms with E-state index >= 15 is 0 Å². The van der Waals surface area contributed by atoms with E-state index < -0.39 is 10.0 Å². The van der Waals surface area contributed by atoms with Crippen LogP contribution < -0.4 is 10.5 Å². The standard InChI is InChI=1S/C12H18N2O3S.ClH/c1-9-3-4-11(17-2)12(7-9)18(15,16)14-6-5-10(13)8-14;/h3-4,7,10H,5-6,8,13H2,1-2H3;1H/t10-;/m1./s1. The third-order valence-corrected chi connectivity index (χ3v) is 5.01. The summed E-state index contributed by atoms with van der Waals surface area (Å²) in [6, 6.07) is 5.07. The molecule has 0 unspecified atom stereocenters. The predicted octanol–water partition coefficient (Wildman–Crippen LogP) is 1.15. The molecule has 0 bridgehead atoms. The number of halogens is 1. The Hall–Kier alpha value is -0.820. The van der Waals surface area contributed by atoms with Crippen LogP contribution in [0.3, 0.4) is 0 Å². The number of rotatable bonds is 3. The van der Waals surface area contributed by atoms with E-state index in [0.29, 0.717) is 25.3 Å². The van der Waals surface area contributed by atoms with E-state index in [1.165, 1.54) is 11.4 Å². The molecule has 2 N–H and O–H groups in total. The molecular formula is C12H19ClN2O3S. The summed E-state index contributed by atoms with van der Waals surface area (Å²) in [5.74, 6) is 0.376. The molecule has 2 rings (SSSR count). The minimum absolute atomic E-state index is 0. The number of aryl methyl sites for hydroxylation is 1. The van der Waals surface area contributed by atoms with Crippen LogP contribution in [0.1, 0.15) is 12.0 Å². The second-order valence-electron chi connectivity index (χ2n) is 4.57. The van der Waals surface area contributed by atoms with Crippen molar-refractivity contribution in [1.29, 1.82) is 0 Å². The summed E-state index contributed by atoms with van der Waals surface area (Å²) in [6.07, 6.45) is 0.702. The maximum Gasteiger partial charge on any atom is 0.246 e. The fraction of sp³-hybridized carbons (Fsp3) is 0.500. The number of hydrogen-bond donors (Lipinski definition) is 1. The van der Waals surface area contributed by atoms with Gasteiger partial charge in [0.1, 0.15) is 10.6 Å². The Balaban J connectivity index is 0.00000180. The molecule has 108 valence electrons. The van der Waals surface area contributed by atoms with Crippen LogP contribution in [0.4, 0.5) is 0 Å². The van der Waals surface area contributed by atoms with E-state index in [0.717, 1.165) is 5.56 Å². The summed E-state index contributed by atoms with van der Waals surface area (Å²) in [5.41, 5.74) is 6.65. The summed E-state index contributed by atoms with van der Waals surface area (Å²) in [5, 5.41) is 0. The van der Waals surface area contributed by atoms with Crippen molar-refractivity contribution >= 4 is 22.4 Å². The number of ether oxygens (including phenoxy) is 1. The lowest BCUT2D eigenvalue weighted by Gasteiger charge is -2.18. The van der Waals surface area contributed by atoms with Gasteiger partial charge in [-0.05, 0) is 31.0 Å². The number of hydrogen-bond acceptors (Lipinski definition) is 4. The van der Waals surface area contributed by atoms with Crippen LogP contribution in [0.2, 0.25) is 0 Å². The smallest absolute Gasteiger partial charge is 0.246 e. The fourth-order valence-electron chi connectivity index (χ4n) is 2.10. The molecular weight excluding hydrogens is 288 g/mol. The van der Waals surface area contributed by atoms with Gasteiger partial charge in [-0.1, -0.05) is 6.07 Å². The van der Waals surface area contributed by atoms with E-state index in [-0.39, 0.29) is 23.3 Å². The van der Waals surface area contributed by atoms with Gasteiger partial charge in [-0.25, -0.2) is 8.42 Å². The molecule has 19 heavy (non-hydrogen) atoms. The Morgan fingerprint density at radius 1 is 1.42 bits per heavy atom. The first-order chi connectivity index (χ1) is 8.45. The summed E-state index contributed by atoms with van der Waals surface area (Å²) in [7, 11) is -2.04. The van der Waals surface area contributed by atoms with Gasteiger partial charge >= 0.3 is 0 Å². The summed E-state index contributed by atoms with van der Waals surface area (Å²) in [4.78, 5) is 0.221. The molecule has 1 aliphatic rings. The number of benzene rings is 1. The minimum Gasteiger partial charge on any atom is -0.495 e. The third-order valence-electron chi connectivity index (χ3n) is 3.12. The van der Waals surface area contributed by atoms with Crippen molar-refractivity contribution in [1.82, 2.24) is 4.31 Å². The lowest BCUT2D eigenvalue weighted by molar-refractivity contribution is 0.398. The molecule has 0 spiro atoms. The molecule has 1 saturated heterocycles. The Labute approximate surface area is 120 Å². The Morgan fingerprint density at radius 3 is 2.63 bits per heavy atom. The lowest BCUT2D eigenvalue weighted by Crippen LogP contribution is -2.32. The molecule has 1 aromatic rings. The maximum atomic E-state index is 12.5. The number of sulfonamides is 1. The summed E-state index contributed by atoms with van der Waals surface area (Å²) >= 11 is 0. The van der Waals surface area contributed by atoms with Crippen LogP contribution in [-0.2, 0) is 10.0 Å². The molecule has 0 amide bonds. The van der Waals surface area contributed by atoms with Crippen molar-refractivity contribution in [3.8, 4) is 5.75 Å². The molecule has 0 saturated carbocycles. The molecule has 1 atom stereocenters. The second kappa shape index (κ2) is 6.09. The predicted molar refractivity (Wildman–Crippen MR) is 76.3 cm³/mol. The van der Waals surface area contributed by atoms with Gasteiger partial charge in [0.25, 0.3) is 0 Å². The van der Waals surface area contributed by atoms with Gasteiger partial charge < -0.3 is 10.5 Å². The van der Waals surface area contributed by atoms with Crippen molar-refractivity contribution in [2.75, 3.05) is 20.2 Å². The topological polar surface area (TPSA) is 72.6 Å². The van der Waals surface area contributed by atoms with Gasteiger partial charge in [0.05, 0.1) is 7.11 Å². The molecule has 0 aromatic heterocycles. The van der Waals surface area contributed by atoms with Crippen LogP contribution in [0.15, 0.2) is 23.1 Å². The van der Waals surface area contributed by atoms with E-state index in [2.05, 4.69) is 0 Å². The fourth-order valence-corrected chi connectivity index (χ4v) is 3.85. The molecule has 1 fully saturated rings. The second-order valence-corrected chi connectivity index (χ2v) is 6.47. The molecule has 1 heterocycles. The van der Waals surface area contributed by atoms with Gasteiger partial charge in [-0.3, -0.25) is 0 Å². The van der Waals surface area contributed by atoms with E-state index in [1.54, 1.807) is 12.1 Å². The van der Waals surface area contributed by atoms with Crippen molar-refractivity contribution in [2.24, 2.45) is 5.73 Å². The summed E-state index contributed by atoms with van der Waals surface area (Å²) < 4.78 is 31.6. The van der Waals surface area contributed by atoms with Gasteiger partial charge in [0.15, 0.2) is 0 Å². The first-order valence-electron chi connectivity index (χ1n) is 5.85. The Bertz CT molecular complexity index is 548. The van der Waals surface area contributed by atoms with Gasteiger partial charge in [-0.15, -0.1) is 12.4 Å². The van der Waals surface area contributed by atoms with Gasteiger partial charge in [-0.2, -0.15) is 4.31 Å². The highest BCUT2D eigenvalue weighted by atomic mass is 35.5. The quantitative estimate of drug-likeness (QED) is 0.909. The highest BCUT2D eigenvalue weighted by Gasteiger charge is 2.32. The van der Waals surface area contributed by atoms with E-state index in [9.17, 15) is 8.42 Å². The zero-order chi connectivity index (χ0) is 13.3. The maximum absolute atomic E-state index is 12.5. The number of nitrogens with zero attached hydrogens (tertiary/aromatic N) is 1. The van der Waals surface area contributed by atoms with Crippen LogP contribution in [0, 0.1) is 6.92 Å². The minimum atomic E-state index is -3.51. The third kappa shape index (κ3) is 3.20. The Morgan fingerprint density at radius 2 is 2.11 bits per heavy atom. The van der Waals surface area contributed by atoms with E-state index in [4.69, 9.17) is 10.5 Å². The monoisotopic (exact) mass is 306 g/mol. The number of nitrogens with two attached hydrogens (primary N) is 1. The first kappa shape index (κ1) is 16.2. The first-order valence-corrected chi connectivity index (χ1v) is 7.29. The SMILES string of the molecule is COc1ccc(C)cc1S(=O)(=O)N1CC[C@@H](N)C1.Cl.